The van der Waals surface area contributed by atoms with Crippen LogP contribution in [0.1, 0.15) is 20.3 Å². The van der Waals surface area contributed by atoms with Crippen LogP contribution in [0.15, 0.2) is 12.1 Å². The highest BCUT2D eigenvalue weighted by Gasteiger charge is 2.14. The number of carbonyl (C=O) groups is 1. The number of anilines is 1. The molecule has 0 saturated heterocycles. The van der Waals surface area contributed by atoms with Crippen molar-refractivity contribution >= 4 is 11.6 Å². The van der Waals surface area contributed by atoms with E-state index in [-0.39, 0.29) is 12.6 Å². The van der Waals surface area contributed by atoms with E-state index in [0.29, 0.717) is 12.1 Å². The largest absolute Gasteiger partial charge is 0.320 e. The number of hydrogen-bond donors (Lipinski definition) is 2. The number of rotatable bonds is 5. The molecule has 1 rings (SSSR count). The first-order valence-corrected chi connectivity index (χ1v) is 5.61. The summed E-state index contributed by atoms with van der Waals surface area (Å²) in [6.45, 7) is 3.76. The van der Waals surface area contributed by atoms with Gasteiger partial charge in [-0.05, 0) is 13.3 Å². The zero-order valence-electron chi connectivity index (χ0n) is 10.2. The quantitative estimate of drug-likeness (QED) is 0.853. The highest BCUT2D eigenvalue weighted by Crippen LogP contribution is 2.19. The van der Waals surface area contributed by atoms with E-state index in [9.17, 15) is 18.0 Å². The zero-order valence-corrected chi connectivity index (χ0v) is 10.2. The van der Waals surface area contributed by atoms with Crippen molar-refractivity contribution in [3.05, 3.63) is 29.6 Å². The third-order valence-electron chi connectivity index (χ3n) is 2.49. The Balaban J connectivity index is 2.65. The van der Waals surface area contributed by atoms with Gasteiger partial charge in [-0.25, -0.2) is 13.2 Å². The molecule has 0 spiro atoms. The van der Waals surface area contributed by atoms with Gasteiger partial charge in [0.15, 0.2) is 11.6 Å². The van der Waals surface area contributed by atoms with E-state index in [1.54, 1.807) is 0 Å². The molecular weight excluding hydrogens is 245 g/mol. The Morgan fingerprint density at radius 1 is 1.28 bits per heavy atom. The van der Waals surface area contributed by atoms with E-state index >= 15 is 0 Å². The normalized spacial score (nSPS) is 12.3. The molecule has 1 amide bonds. The molecule has 18 heavy (non-hydrogen) atoms. The molecule has 1 atom stereocenters. The molecule has 0 aliphatic carbocycles. The Kier molecular flexibility index (Phi) is 5.15. The first-order chi connectivity index (χ1) is 8.43. The van der Waals surface area contributed by atoms with Crippen LogP contribution in [-0.2, 0) is 4.79 Å². The molecule has 100 valence electrons. The predicted molar refractivity (Wildman–Crippen MR) is 62.7 cm³/mol. The number of carbonyl (C=O) groups excluding carboxylic acids is 1. The van der Waals surface area contributed by atoms with E-state index < -0.39 is 29.0 Å². The van der Waals surface area contributed by atoms with Gasteiger partial charge >= 0.3 is 0 Å². The van der Waals surface area contributed by atoms with Gasteiger partial charge in [-0.3, -0.25) is 4.79 Å². The summed E-state index contributed by atoms with van der Waals surface area (Å²) in [6.07, 6.45) is 0.826. The van der Waals surface area contributed by atoms with Gasteiger partial charge in [0.2, 0.25) is 5.91 Å². The summed E-state index contributed by atoms with van der Waals surface area (Å²) >= 11 is 0. The summed E-state index contributed by atoms with van der Waals surface area (Å²) in [5.74, 6) is -3.88. The topological polar surface area (TPSA) is 41.1 Å². The molecular formula is C12H15F3N2O. The second-order valence-electron chi connectivity index (χ2n) is 3.98. The Labute approximate surface area is 103 Å². The van der Waals surface area contributed by atoms with Gasteiger partial charge in [-0.2, -0.15) is 0 Å². The Morgan fingerprint density at radius 2 is 1.83 bits per heavy atom. The molecule has 0 saturated carbocycles. The van der Waals surface area contributed by atoms with E-state index in [1.807, 2.05) is 13.8 Å². The van der Waals surface area contributed by atoms with Gasteiger partial charge in [-0.1, -0.05) is 6.92 Å². The van der Waals surface area contributed by atoms with Crippen LogP contribution < -0.4 is 10.6 Å². The maximum atomic E-state index is 13.2. The molecule has 0 aliphatic rings. The first-order valence-electron chi connectivity index (χ1n) is 5.61. The van der Waals surface area contributed by atoms with Crippen LogP contribution in [0.25, 0.3) is 0 Å². The summed E-state index contributed by atoms with van der Waals surface area (Å²) < 4.78 is 39.1. The first kappa shape index (κ1) is 14.5. The summed E-state index contributed by atoms with van der Waals surface area (Å²) in [4.78, 5) is 11.4. The molecule has 2 N–H and O–H groups in total. The number of nitrogens with one attached hydrogen (secondary N) is 2. The summed E-state index contributed by atoms with van der Waals surface area (Å²) in [5, 5.41) is 4.94. The van der Waals surface area contributed by atoms with E-state index in [1.165, 1.54) is 0 Å². The molecule has 0 aliphatic heterocycles. The Hall–Kier alpha value is -1.56. The monoisotopic (exact) mass is 260 g/mol. The van der Waals surface area contributed by atoms with Crippen LogP contribution in [0.4, 0.5) is 18.9 Å². The van der Waals surface area contributed by atoms with Crippen molar-refractivity contribution in [1.29, 1.82) is 0 Å². The number of hydrogen-bond acceptors (Lipinski definition) is 2. The van der Waals surface area contributed by atoms with Crippen LogP contribution >= 0.6 is 0 Å². The molecule has 1 aromatic carbocycles. The predicted octanol–water partition coefficient (Wildman–Crippen LogP) is 2.43. The molecule has 6 heteroatoms. The van der Waals surface area contributed by atoms with Crippen molar-refractivity contribution in [2.45, 2.75) is 26.3 Å². The van der Waals surface area contributed by atoms with Crippen LogP contribution in [-0.4, -0.2) is 18.5 Å². The van der Waals surface area contributed by atoms with Crippen molar-refractivity contribution in [3.63, 3.8) is 0 Å². The van der Waals surface area contributed by atoms with Crippen molar-refractivity contribution < 1.29 is 18.0 Å². The molecule has 0 fully saturated rings. The second kappa shape index (κ2) is 6.39. The molecule has 0 radical (unpaired) electrons. The molecule has 3 nitrogen and oxygen atoms in total. The minimum Gasteiger partial charge on any atom is -0.320 e. The van der Waals surface area contributed by atoms with Crippen molar-refractivity contribution in [1.82, 2.24) is 5.32 Å². The average molecular weight is 260 g/mol. The fourth-order valence-electron chi connectivity index (χ4n) is 1.26. The SMILES string of the molecule is CCC(C)NCC(=O)Nc1c(F)cc(F)cc1F. The van der Waals surface area contributed by atoms with Gasteiger partial charge in [0.05, 0.1) is 6.54 Å². The van der Waals surface area contributed by atoms with Gasteiger partial charge in [0.1, 0.15) is 11.5 Å². The molecule has 1 aromatic rings. The smallest absolute Gasteiger partial charge is 0.238 e. The van der Waals surface area contributed by atoms with Crippen LogP contribution in [0, 0.1) is 17.5 Å². The third kappa shape index (κ3) is 4.03. The Morgan fingerprint density at radius 3 is 2.33 bits per heavy atom. The van der Waals surface area contributed by atoms with Gasteiger partial charge in [0.25, 0.3) is 0 Å². The number of benzene rings is 1. The van der Waals surface area contributed by atoms with E-state index in [2.05, 4.69) is 10.6 Å². The molecule has 1 unspecified atom stereocenters. The van der Waals surface area contributed by atoms with Crippen molar-refractivity contribution in [2.75, 3.05) is 11.9 Å². The zero-order chi connectivity index (χ0) is 13.7. The fourth-order valence-corrected chi connectivity index (χ4v) is 1.26. The maximum absolute atomic E-state index is 13.2. The summed E-state index contributed by atoms with van der Waals surface area (Å²) in [6, 6.07) is 1.15. The summed E-state index contributed by atoms with van der Waals surface area (Å²) in [5.41, 5.74) is -0.632. The van der Waals surface area contributed by atoms with Crippen LogP contribution in [0.5, 0.6) is 0 Å². The minimum atomic E-state index is -1.13. The lowest BCUT2D eigenvalue weighted by molar-refractivity contribution is -0.115. The van der Waals surface area contributed by atoms with Crippen LogP contribution in [0.3, 0.4) is 0 Å². The fraction of sp³-hybridized carbons (Fsp3) is 0.417. The lowest BCUT2D eigenvalue weighted by atomic mass is 10.2. The number of amides is 1. The van der Waals surface area contributed by atoms with Gasteiger partial charge in [-0.15, -0.1) is 0 Å². The standard InChI is InChI=1S/C12H15F3N2O/c1-3-7(2)16-6-11(18)17-12-9(14)4-8(13)5-10(12)15/h4-5,7,16H,3,6H2,1-2H3,(H,17,18). The minimum absolute atomic E-state index is 0.0642. The average Bonchev–Trinajstić information content (AvgIpc) is 2.30. The maximum Gasteiger partial charge on any atom is 0.238 e. The van der Waals surface area contributed by atoms with E-state index in [0.717, 1.165) is 6.42 Å². The molecule has 0 bridgehead atoms. The van der Waals surface area contributed by atoms with Crippen molar-refractivity contribution in [3.8, 4) is 0 Å². The molecule has 0 heterocycles. The van der Waals surface area contributed by atoms with Crippen molar-refractivity contribution in [2.24, 2.45) is 0 Å². The van der Waals surface area contributed by atoms with Gasteiger partial charge < -0.3 is 10.6 Å². The highest BCUT2D eigenvalue weighted by molar-refractivity contribution is 5.92. The second-order valence-corrected chi connectivity index (χ2v) is 3.98. The number of halogens is 3. The molecule has 0 aromatic heterocycles. The lowest BCUT2D eigenvalue weighted by Gasteiger charge is -2.12. The lowest BCUT2D eigenvalue weighted by Crippen LogP contribution is -2.34. The van der Waals surface area contributed by atoms with Gasteiger partial charge in [0, 0.05) is 18.2 Å². The van der Waals surface area contributed by atoms with Crippen LogP contribution in [0.2, 0.25) is 0 Å². The highest BCUT2D eigenvalue weighted by atomic mass is 19.1. The Bertz CT molecular complexity index is 414. The summed E-state index contributed by atoms with van der Waals surface area (Å²) in [7, 11) is 0. The third-order valence-corrected chi connectivity index (χ3v) is 2.49. The van der Waals surface area contributed by atoms with E-state index in [4.69, 9.17) is 0 Å².